The molecule has 0 radical (unpaired) electrons. The van der Waals surface area contributed by atoms with Gasteiger partial charge in [-0.1, -0.05) is 11.6 Å². The summed E-state index contributed by atoms with van der Waals surface area (Å²) in [5.41, 5.74) is -1.79. The van der Waals surface area contributed by atoms with Crippen LogP contribution in [0.3, 0.4) is 0 Å². The lowest BCUT2D eigenvalue weighted by Gasteiger charge is -2.10. The Kier molecular flexibility index (Phi) is 3.76. The third kappa shape index (κ3) is 2.80. The fraction of sp³-hybridized carbons (Fsp3) is 0.0769. The number of rotatable bonds is 2. The molecule has 2 nitrogen and oxygen atoms in total. The number of halogens is 5. The number of hydrogen-bond donors (Lipinski definition) is 0. The van der Waals surface area contributed by atoms with Gasteiger partial charge in [0.25, 0.3) is 0 Å². The second-order valence-electron chi connectivity index (χ2n) is 3.88. The molecule has 0 amide bonds. The number of aromatic nitrogens is 1. The van der Waals surface area contributed by atoms with Crippen molar-refractivity contribution in [1.29, 1.82) is 0 Å². The molecule has 104 valence electrons. The Morgan fingerprint density at radius 1 is 1.20 bits per heavy atom. The summed E-state index contributed by atoms with van der Waals surface area (Å²) >= 11 is 5.75. The summed E-state index contributed by atoms with van der Waals surface area (Å²) in [5.74, 6) is -2.17. The van der Waals surface area contributed by atoms with Gasteiger partial charge >= 0.3 is 6.18 Å². The van der Waals surface area contributed by atoms with Crippen LogP contribution in [0.4, 0.5) is 17.6 Å². The van der Waals surface area contributed by atoms with E-state index in [9.17, 15) is 22.4 Å². The summed E-state index contributed by atoms with van der Waals surface area (Å²) < 4.78 is 50.9. The smallest absolute Gasteiger partial charge is 0.289 e. The van der Waals surface area contributed by atoms with Crippen molar-refractivity contribution in [2.75, 3.05) is 0 Å². The molecular formula is C13H6ClF4NO. The fourth-order valence-corrected chi connectivity index (χ4v) is 1.80. The van der Waals surface area contributed by atoms with Gasteiger partial charge in [0, 0.05) is 23.5 Å². The van der Waals surface area contributed by atoms with E-state index in [4.69, 9.17) is 11.6 Å². The Balaban J connectivity index is 2.50. The number of pyridine rings is 1. The van der Waals surface area contributed by atoms with Crippen molar-refractivity contribution in [3.8, 4) is 0 Å². The van der Waals surface area contributed by atoms with Gasteiger partial charge in [-0.25, -0.2) is 4.39 Å². The molecule has 0 aliphatic rings. The van der Waals surface area contributed by atoms with Crippen LogP contribution in [0.25, 0.3) is 0 Å². The van der Waals surface area contributed by atoms with Gasteiger partial charge < -0.3 is 0 Å². The molecule has 0 aliphatic heterocycles. The summed E-state index contributed by atoms with van der Waals surface area (Å²) in [5, 5.41) is 0.00961. The summed E-state index contributed by atoms with van der Waals surface area (Å²) in [7, 11) is 0. The number of benzene rings is 1. The first-order valence-electron chi connectivity index (χ1n) is 5.31. The quantitative estimate of drug-likeness (QED) is 0.617. The van der Waals surface area contributed by atoms with Crippen molar-refractivity contribution in [3.63, 3.8) is 0 Å². The standard InChI is InChI=1S/C13H6ClF4NO/c14-10-6-19-4-3-8(10)12(20)7-1-2-11(15)9(5-7)13(16,17)18/h1-6H. The van der Waals surface area contributed by atoms with Crippen molar-refractivity contribution < 1.29 is 22.4 Å². The molecule has 2 rings (SSSR count). The van der Waals surface area contributed by atoms with Crippen LogP contribution < -0.4 is 0 Å². The number of carbonyl (C=O) groups is 1. The third-order valence-corrected chi connectivity index (χ3v) is 2.85. The van der Waals surface area contributed by atoms with Crippen LogP contribution in [0.1, 0.15) is 21.5 Å². The Morgan fingerprint density at radius 3 is 2.50 bits per heavy atom. The zero-order valence-electron chi connectivity index (χ0n) is 9.71. The predicted molar refractivity (Wildman–Crippen MR) is 64.1 cm³/mol. The number of carbonyl (C=O) groups excluding carboxylic acids is 1. The van der Waals surface area contributed by atoms with Gasteiger partial charge in [-0.2, -0.15) is 13.2 Å². The summed E-state index contributed by atoms with van der Waals surface area (Å²) in [6.07, 6.45) is -2.39. The highest BCUT2D eigenvalue weighted by Crippen LogP contribution is 2.32. The van der Waals surface area contributed by atoms with E-state index in [-0.39, 0.29) is 16.1 Å². The van der Waals surface area contributed by atoms with Gasteiger partial charge in [-0.15, -0.1) is 0 Å². The lowest BCUT2D eigenvalue weighted by atomic mass is 10.0. The molecule has 0 fully saturated rings. The molecule has 0 spiro atoms. The molecule has 1 aromatic heterocycles. The minimum atomic E-state index is -4.87. The first kappa shape index (κ1) is 14.5. The van der Waals surface area contributed by atoms with Crippen molar-refractivity contribution in [2.45, 2.75) is 6.18 Å². The van der Waals surface area contributed by atoms with E-state index in [2.05, 4.69) is 4.98 Å². The maximum Gasteiger partial charge on any atom is 0.419 e. The van der Waals surface area contributed by atoms with Crippen LogP contribution in [0.5, 0.6) is 0 Å². The Bertz CT molecular complexity index is 670. The van der Waals surface area contributed by atoms with Crippen LogP contribution >= 0.6 is 11.6 Å². The highest BCUT2D eigenvalue weighted by molar-refractivity contribution is 6.34. The monoisotopic (exact) mass is 303 g/mol. The van der Waals surface area contributed by atoms with E-state index in [1.807, 2.05) is 0 Å². The summed E-state index contributed by atoms with van der Waals surface area (Å²) in [6, 6.07) is 3.32. The Hall–Kier alpha value is -1.95. The molecule has 0 N–H and O–H groups in total. The van der Waals surface area contributed by atoms with Gasteiger partial charge in [0.2, 0.25) is 0 Å². The van der Waals surface area contributed by atoms with Gasteiger partial charge in [0.05, 0.1) is 10.6 Å². The average molecular weight is 304 g/mol. The molecular weight excluding hydrogens is 298 g/mol. The zero-order chi connectivity index (χ0) is 14.9. The average Bonchev–Trinajstić information content (AvgIpc) is 2.37. The number of nitrogens with zero attached hydrogens (tertiary/aromatic N) is 1. The van der Waals surface area contributed by atoms with Crippen molar-refractivity contribution >= 4 is 17.4 Å². The van der Waals surface area contributed by atoms with Crippen LogP contribution in [0, 0.1) is 5.82 Å². The van der Waals surface area contributed by atoms with Gasteiger partial charge in [0.1, 0.15) is 5.82 Å². The summed E-state index contributed by atoms with van der Waals surface area (Å²) in [4.78, 5) is 15.7. The van der Waals surface area contributed by atoms with E-state index in [0.29, 0.717) is 12.1 Å². The molecule has 20 heavy (non-hydrogen) atoms. The largest absolute Gasteiger partial charge is 0.419 e. The Labute approximate surface area is 116 Å². The highest BCUT2D eigenvalue weighted by atomic mass is 35.5. The normalized spacial score (nSPS) is 11.4. The molecule has 2 aromatic rings. The molecule has 1 heterocycles. The summed E-state index contributed by atoms with van der Waals surface area (Å²) in [6.45, 7) is 0. The molecule has 0 saturated carbocycles. The maximum absolute atomic E-state index is 13.1. The van der Waals surface area contributed by atoms with Crippen LogP contribution in [0.2, 0.25) is 5.02 Å². The van der Waals surface area contributed by atoms with Crippen LogP contribution in [-0.2, 0) is 6.18 Å². The van der Waals surface area contributed by atoms with Gasteiger partial charge in [-0.3, -0.25) is 9.78 Å². The van der Waals surface area contributed by atoms with Gasteiger partial charge in [-0.05, 0) is 24.3 Å². The van der Waals surface area contributed by atoms with Crippen molar-refractivity contribution in [3.05, 3.63) is 64.2 Å². The SMILES string of the molecule is O=C(c1ccc(F)c(C(F)(F)F)c1)c1ccncc1Cl. The van der Waals surface area contributed by atoms with Crippen LogP contribution in [0.15, 0.2) is 36.7 Å². The van der Waals surface area contributed by atoms with Crippen molar-refractivity contribution in [1.82, 2.24) is 4.98 Å². The van der Waals surface area contributed by atoms with E-state index in [1.165, 1.54) is 18.5 Å². The lowest BCUT2D eigenvalue weighted by molar-refractivity contribution is -0.140. The highest BCUT2D eigenvalue weighted by Gasteiger charge is 2.34. The second-order valence-corrected chi connectivity index (χ2v) is 4.28. The molecule has 7 heteroatoms. The lowest BCUT2D eigenvalue weighted by Crippen LogP contribution is -2.11. The minimum Gasteiger partial charge on any atom is -0.289 e. The van der Waals surface area contributed by atoms with E-state index in [1.54, 1.807) is 0 Å². The van der Waals surface area contributed by atoms with Gasteiger partial charge in [0.15, 0.2) is 5.78 Å². The topological polar surface area (TPSA) is 30.0 Å². The van der Waals surface area contributed by atoms with Crippen LogP contribution in [-0.4, -0.2) is 10.8 Å². The third-order valence-electron chi connectivity index (χ3n) is 2.55. The van der Waals surface area contributed by atoms with Crippen molar-refractivity contribution in [2.24, 2.45) is 0 Å². The number of ketones is 1. The molecule has 0 atom stereocenters. The minimum absolute atomic E-state index is 0.00130. The first-order chi connectivity index (χ1) is 9.30. The molecule has 0 saturated heterocycles. The molecule has 0 bridgehead atoms. The number of hydrogen-bond acceptors (Lipinski definition) is 2. The van der Waals surface area contributed by atoms with E-state index < -0.39 is 23.3 Å². The maximum atomic E-state index is 13.1. The number of alkyl halides is 3. The van der Waals surface area contributed by atoms with E-state index >= 15 is 0 Å². The second kappa shape index (κ2) is 5.20. The first-order valence-corrected chi connectivity index (χ1v) is 5.69. The predicted octanol–water partition coefficient (Wildman–Crippen LogP) is 4.12. The Morgan fingerprint density at radius 2 is 1.90 bits per heavy atom. The molecule has 0 unspecified atom stereocenters. The molecule has 0 aliphatic carbocycles. The fourth-order valence-electron chi connectivity index (χ4n) is 1.60. The zero-order valence-corrected chi connectivity index (χ0v) is 10.5. The molecule has 1 aromatic carbocycles. The van der Waals surface area contributed by atoms with E-state index in [0.717, 1.165) is 6.07 Å².